The van der Waals surface area contributed by atoms with Crippen molar-refractivity contribution in [3.63, 3.8) is 0 Å². The lowest BCUT2D eigenvalue weighted by molar-refractivity contribution is 0.352. The summed E-state index contributed by atoms with van der Waals surface area (Å²) in [6, 6.07) is 3.91. The van der Waals surface area contributed by atoms with E-state index in [1.807, 2.05) is 25.3 Å². The third-order valence-electron chi connectivity index (χ3n) is 3.12. The second-order valence-electron chi connectivity index (χ2n) is 4.61. The number of fused-ring (bicyclic) bond motifs is 1. The molecule has 100 valence electrons. The molecule has 0 fully saturated rings. The molecule has 0 saturated heterocycles. The Kier molecular flexibility index (Phi) is 3.50. The first-order chi connectivity index (χ1) is 9.13. The van der Waals surface area contributed by atoms with Gasteiger partial charge in [-0.25, -0.2) is 4.68 Å². The Bertz CT molecular complexity index is 612. The molecule has 0 spiro atoms. The van der Waals surface area contributed by atoms with Gasteiger partial charge in [-0.2, -0.15) is 0 Å². The Morgan fingerprint density at radius 3 is 3.11 bits per heavy atom. The number of nitrogens with zero attached hydrogens (tertiary/aromatic N) is 3. The maximum Gasteiger partial charge on any atom is 0.127 e. The lowest BCUT2D eigenvalue weighted by atomic mass is 10.1. The molecule has 0 bridgehead atoms. The van der Waals surface area contributed by atoms with Crippen LogP contribution in [0.4, 0.5) is 0 Å². The number of alkyl halides is 1. The van der Waals surface area contributed by atoms with E-state index in [1.54, 1.807) is 4.68 Å². The summed E-state index contributed by atoms with van der Waals surface area (Å²) in [6.07, 6.45) is 2.85. The number of benzene rings is 1. The van der Waals surface area contributed by atoms with Crippen LogP contribution in [-0.4, -0.2) is 21.6 Å². The first-order valence-electron chi connectivity index (χ1n) is 6.11. The zero-order valence-corrected chi connectivity index (χ0v) is 12.8. The van der Waals surface area contributed by atoms with E-state index in [9.17, 15) is 0 Å². The summed E-state index contributed by atoms with van der Waals surface area (Å²) in [4.78, 5) is 0.197. The van der Waals surface area contributed by atoms with Gasteiger partial charge in [0.05, 0.1) is 23.7 Å². The zero-order valence-electron chi connectivity index (χ0n) is 10.4. The first kappa shape index (κ1) is 12.9. The van der Waals surface area contributed by atoms with Gasteiger partial charge in [0.2, 0.25) is 0 Å². The van der Waals surface area contributed by atoms with Crippen LogP contribution in [0, 0.1) is 0 Å². The number of ether oxygens (including phenoxy) is 1. The molecule has 2 heterocycles. The Balaban J connectivity index is 1.90. The fourth-order valence-electron chi connectivity index (χ4n) is 2.21. The summed E-state index contributed by atoms with van der Waals surface area (Å²) in [7, 11) is 0. The second kappa shape index (κ2) is 5.13. The van der Waals surface area contributed by atoms with E-state index in [-0.39, 0.29) is 4.83 Å². The van der Waals surface area contributed by atoms with Gasteiger partial charge in [-0.05, 0) is 24.6 Å². The largest absolute Gasteiger partial charge is 0.493 e. The molecule has 1 aliphatic heterocycles. The first-order valence-corrected chi connectivity index (χ1v) is 7.41. The summed E-state index contributed by atoms with van der Waals surface area (Å²) in [6.45, 7) is 3.37. The van der Waals surface area contributed by atoms with Crippen molar-refractivity contribution in [2.45, 2.75) is 24.7 Å². The van der Waals surface area contributed by atoms with E-state index in [1.165, 1.54) is 5.56 Å². The fraction of sp³-hybridized carbons (Fsp3) is 0.385. The van der Waals surface area contributed by atoms with E-state index < -0.39 is 0 Å². The molecule has 2 aromatic rings. The van der Waals surface area contributed by atoms with Crippen LogP contribution in [0.15, 0.2) is 18.3 Å². The topological polar surface area (TPSA) is 39.9 Å². The highest BCUT2D eigenvalue weighted by atomic mass is 79.9. The summed E-state index contributed by atoms with van der Waals surface area (Å²) in [5.74, 6) is 0.952. The van der Waals surface area contributed by atoms with Gasteiger partial charge in [0.25, 0.3) is 0 Å². The number of rotatable bonds is 3. The highest BCUT2D eigenvalue weighted by molar-refractivity contribution is 9.09. The molecular formula is C13H13BrClN3O. The maximum absolute atomic E-state index is 6.14. The zero-order chi connectivity index (χ0) is 13.4. The Morgan fingerprint density at radius 2 is 2.37 bits per heavy atom. The van der Waals surface area contributed by atoms with E-state index >= 15 is 0 Å². The molecule has 1 aliphatic rings. The molecule has 1 aromatic carbocycles. The van der Waals surface area contributed by atoms with Crippen LogP contribution in [0.5, 0.6) is 5.75 Å². The van der Waals surface area contributed by atoms with Crippen molar-refractivity contribution < 1.29 is 4.74 Å². The van der Waals surface area contributed by atoms with Crippen LogP contribution < -0.4 is 4.74 Å². The van der Waals surface area contributed by atoms with Gasteiger partial charge >= 0.3 is 0 Å². The molecule has 1 aromatic heterocycles. The molecule has 6 heteroatoms. The molecule has 0 saturated carbocycles. The van der Waals surface area contributed by atoms with Crippen molar-refractivity contribution in [2.24, 2.45) is 0 Å². The molecule has 0 radical (unpaired) electrons. The second-order valence-corrected chi connectivity index (χ2v) is 6.42. The summed E-state index contributed by atoms with van der Waals surface area (Å²) in [5, 5.41) is 8.99. The number of halogens is 2. The SMILES string of the molecule is CC(Br)c1cn(Cc2cc(Cl)cc3c2OCC3)nn1. The van der Waals surface area contributed by atoms with Crippen molar-refractivity contribution in [1.29, 1.82) is 0 Å². The predicted molar refractivity (Wildman–Crippen MR) is 77.1 cm³/mol. The van der Waals surface area contributed by atoms with Crippen molar-refractivity contribution in [1.82, 2.24) is 15.0 Å². The van der Waals surface area contributed by atoms with Crippen LogP contribution >= 0.6 is 27.5 Å². The smallest absolute Gasteiger partial charge is 0.127 e. The fourth-order valence-corrected chi connectivity index (χ4v) is 2.68. The number of hydrogen-bond donors (Lipinski definition) is 0. The minimum absolute atomic E-state index is 0.197. The standard InChI is InChI=1S/C13H13BrClN3O/c1-8(14)12-7-18(17-16-12)6-10-5-11(15)4-9-2-3-19-13(9)10/h4-5,7-8H,2-3,6H2,1H3. The van der Waals surface area contributed by atoms with Crippen molar-refractivity contribution in [3.8, 4) is 5.75 Å². The average molecular weight is 343 g/mol. The van der Waals surface area contributed by atoms with Gasteiger partial charge in [-0.1, -0.05) is 32.7 Å². The third-order valence-corrected chi connectivity index (χ3v) is 3.81. The highest BCUT2D eigenvalue weighted by Crippen LogP contribution is 2.33. The van der Waals surface area contributed by atoms with Crippen LogP contribution in [0.3, 0.4) is 0 Å². The van der Waals surface area contributed by atoms with Gasteiger partial charge in [0.1, 0.15) is 5.75 Å². The minimum Gasteiger partial charge on any atom is -0.493 e. The Hall–Kier alpha value is -1.07. The van der Waals surface area contributed by atoms with E-state index in [4.69, 9.17) is 16.3 Å². The molecule has 4 nitrogen and oxygen atoms in total. The predicted octanol–water partition coefficient (Wildman–Crippen LogP) is 3.37. The van der Waals surface area contributed by atoms with Crippen LogP contribution in [-0.2, 0) is 13.0 Å². The van der Waals surface area contributed by atoms with E-state index in [2.05, 4.69) is 26.2 Å². The molecule has 0 amide bonds. The molecule has 0 N–H and O–H groups in total. The van der Waals surface area contributed by atoms with Crippen LogP contribution in [0.1, 0.15) is 28.6 Å². The summed E-state index contributed by atoms with van der Waals surface area (Å²) < 4.78 is 7.49. The molecule has 1 unspecified atom stereocenters. The maximum atomic E-state index is 6.14. The summed E-state index contributed by atoms with van der Waals surface area (Å²) >= 11 is 9.62. The van der Waals surface area contributed by atoms with Crippen molar-refractivity contribution >= 4 is 27.5 Å². The lowest BCUT2D eigenvalue weighted by Crippen LogP contribution is -2.02. The van der Waals surface area contributed by atoms with Gasteiger partial charge in [0, 0.05) is 23.2 Å². The van der Waals surface area contributed by atoms with Crippen molar-refractivity contribution in [3.05, 3.63) is 40.2 Å². The Labute approximate surface area is 124 Å². The van der Waals surface area contributed by atoms with E-state index in [0.29, 0.717) is 6.54 Å². The van der Waals surface area contributed by atoms with Gasteiger partial charge in [-0.3, -0.25) is 0 Å². The van der Waals surface area contributed by atoms with Gasteiger partial charge in [-0.15, -0.1) is 5.10 Å². The molecule has 19 heavy (non-hydrogen) atoms. The number of aromatic nitrogens is 3. The monoisotopic (exact) mass is 341 g/mol. The highest BCUT2D eigenvalue weighted by Gasteiger charge is 2.18. The normalized spacial score (nSPS) is 15.1. The third kappa shape index (κ3) is 2.62. The quantitative estimate of drug-likeness (QED) is 0.803. The van der Waals surface area contributed by atoms with Gasteiger partial charge in [0.15, 0.2) is 0 Å². The molecular weight excluding hydrogens is 330 g/mol. The molecule has 1 atom stereocenters. The van der Waals surface area contributed by atoms with Gasteiger partial charge < -0.3 is 4.74 Å². The Morgan fingerprint density at radius 1 is 1.53 bits per heavy atom. The molecule has 3 rings (SSSR count). The molecule has 0 aliphatic carbocycles. The summed E-state index contributed by atoms with van der Waals surface area (Å²) in [5.41, 5.74) is 3.15. The minimum atomic E-state index is 0.197. The van der Waals surface area contributed by atoms with Crippen LogP contribution in [0.25, 0.3) is 0 Å². The van der Waals surface area contributed by atoms with E-state index in [0.717, 1.165) is 35.1 Å². The lowest BCUT2D eigenvalue weighted by Gasteiger charge is -2.08. The number of hydrogen-bond acceptors (Lipinski definition) is 3. The van der Waals surface area contributed by atoms with Crippen LogP contribution in [0.2, 0.25) is 5.02 Å². The average Bonchev–Trinajstić information content (AvgIpc) is 2.96. The van der Waals surface area contributed by atoms with Crippen molar-refractivity contribution in [2.75, 3.05) is 6.61 Å².